The lowest BCUT2D eigenvalue weighted by atomic mass is 10.7. The molecule has 0 bridgehead atoms. The maximum atomic E-state index is 6.27. The van der Waals surface area contributed by atoms with Gasteiger partial charge in [-0.1, -0.05) is 27.7 Å². The lowest BCUT2D eigenvalue weighted by Crippen LogP contribution is -2.48. The molecular weight excluding hydrogens is 220 g/mol. The smallest absolute Gasteiger partial charge is 0.241 e. The van der Waals surface area contributed by atoms with Crippen LogP contribution in [-0.4, -0.2) is 53.7 Å². The lowest BCUT2D eigenvalue weighted by Gasteiger charge is -2.32. The Kier molecular flexibility index (Phi) is 8.64. The van der Waals surface area contributed by atoms with Crippen LogP contribution in [0.1, 0.15) is 27.7 Å². The van der Waals surface area contributed by atoms with Gasteiger partial charge >= 0.3 is 0 Å². The van der Waals surface area contributed by atoms with Gasteiger partial charge in [-0.15, -0.1) is 0 Å². The third-order valence-corrected chi connectivity index (χ3v) is 9.72. The Balaban J connectivity index is 4.08. The van der Waals surface area contributed by atoms with Crippen LogP contribution in [0.2, 0.25) is 13.1 Å². The summed E-state index contributed by atoms with van der Waals surface area (Å²) in [7, 11) is -2.21. The van der Waals surface area contributed by atoms with Gasteiger partial charge in [0.25, 0.3) is 0 Å². The van der Waals surface area contributed by atoms with Gasteiger partial charge < -0.3 is 13.2 Å². The Labute approximate surface area is 99.0 Å². The van der Waals surface area contributed by atoms with Crippen molar-refractivity contribution in [2.45, 2.75) is 40.8 Å². The highest BCUT2D eigenvalue weighted by Gasteiger charge is 2.20. The molecule has 92 valence electrons. The first-order valence-electron chi connectivity index (χ1n) is 6.24. The topological polar surface area (TPSA) is 15.7 Å². The fourth-order valence-corrected chi connectivity index (χ4v) is 7.65. The van der Waals surface area contributed by atoms with E-state index < -0.39 is 18.4 Å². The third kappa shape index (κ3) is 5.26. The van der Waals surface area contributed by atoms with Gasteiger partial charge in [-0.2, -0.15) is 0 Å². The summed E-state index contributed by atoms with van der Waals surface area (Å²) in [6, 6.07) is 0. The number of hydrogen-bond donors (Lipinski definition) is 0. The van der Waals surface area contributed by atoms with E-state index in [1.807, 2.05) is 0 Å². The van der Waals surface area contributed by atoms with Crippen molar-refractivity contribution in [3.05, 3.63) is 0 Å². The zero-order valence-corrected chi connectivity index (χ0v) is 13.6. The molecule has 0 radical (unpaired) electrons. The standard InChI is InChI=1S/C10H28N2OSi2/c1-7-11(8-2)14(5)13-15(6)12(9-3)10-4/h14-15H,7-10H2,1-6H3. The molecule has 0 saturated heterocycles. The molecule has 0 spiro atoms. The van der Waals surface area contributed by atoms with E-state index in [1.54, 1.807) is 0 Å². The summed E-state index contributed by atoms with van der Waals surface area (Å²) in [5, 5.41) is 0. The van der Waals surface area contributed by atoms with Gasteiger partial charge in [0.2, 0.25) is 18.4 Å². The Bertz CT molecular complexity index is 136. The molecule has 0 aliphatic carbocycles. The minimum atomic E-state index is -1.11. The normalized spacial score (nSPS) is 16.0. The Morgan fingerprint density at radius 2 is 1.00 bits per heavy atom. The van der Waals surface area contributed by atoms with E-state index in [2.05, 4.69) is 49.9 Å². The summed E-state index contributed by atoms with van der Waals surface area (Å²) < 4.78 is 11.3. The van der Waals surface area contributed by atoms with Crippen molar-refractivity contribution in [1.82, 2.24) is 9.13 Å². The molecule has 15 heavy (non-hydrogen) atoms. The molecule has 0 N–H and O–H groups in total. The summed E-state index contributed by atoms with van der Waals surface area (Å²) in [6.07, 6.45) is 0. The first-order valence-corrected chi connectivity index (χ1v) is 10.5. The van der Waals surface area contributed by atoms with Gasteiger partial charge in [0.1, 0.15) is 0 Å². The molecule has 0 rings (SSSR count). The van der Waals surface area contributed by atoms with Gasteiger partial charge in [0.05, 0.1) is 0 Å². The largest absolute Gasteiger partial charge is 0.437 e. The SMILES string of the molecule is CCN(CC)[SiH](C)O[SiH](C)N(CC)CC. The van der Waals surface area contributed by atoms with E-state index >= 15 is 0 Å². The molecule has 0 aromatic rings. The van der Waals surface area contributed by atoms with Crippen molar-refractivity contribution in [1.29, 1.82) is 0 Å². The van der Waals surface area contributed by atoms with Crippen molar-refractivity contribution < 1.29 is 4.12 Å². The second kappa shape index (κ2) is 8.46. The zero-order chi connectivity index (χ0) is 11.8. The van der Waals surface area contributed by atoms with Crippen molar-refractivity contribution in [2.75, 3.05) is 26.2 Å². The van der Waals surface area contributed by atoms with E-state index in [-0.39, 0.29) is 0 Å². The van der Waals surface area contributed by atoms with Crippen LogP contribution >= 0.6 is 0 Å². The molecule has 0 fully saturated rings. The summed E-state index contributed by atoms with van der Waals surface area (Å²) in [4.78, 5) is 0. The Morgan fingerprint density at radius 3 is 1.20 bits per heavy atom. The quantitative estimate of drug-likeness (QED) is 0.604. The summed E-state index contributed by atoms with van der Waals surface area (Å²) in [5.74, 6) is 0. The van der Waals surface area contributed by atoms with E-state index in [0.29, 0.717) is 0 Å². The van der Waals surface area contributed by atoms with Crippen molar-refractivity contribution in [2.24, 2.45) is 0 Å². The van der Waals surface area contributed by atoms with Gasteiger partial charge in [-0.05, 0) is 39.3 Å². The summed E-state index contributed by atoms with van der Waals surface area (Å²) in [6.45, 7) is 18.0. The minimum Gasteiger partial charge on any atom is -0.437 e. The molecule has 0 amide bonds. The molecule has 2 atom stereocenters. The molecule has 0 saturated carbocycles. The van der Waals surface area contributed by atoms with Gasteiger partial charge in [0.15, 0.2) is 0 Å². The third-order valence-electron chi connectivity index (χ3n) is 3.05. The van der Waals surface area contributed by atoms with Crippen LogP contribution in [0.5, 0.6) is 0 Å². The van der Waals surface area contributed by atoms with E-state index in [0.717, 1.165) is 26.2 Å². The number of hydrogen-bond acceptors (Lipinski definition) is 3. The van der Waals surface area contributed by atoms with Gasteiger partial charge in [-0.25, -0.2) is 0 Å². The van der Waals surface area contributed by atoms with Crippen LogP contribution in [0.15, 0.2) is 0 Å². The molecule has 0 aromatic carbocycles. The maximum Gasteiger partial charge on any atom is 0.241 e. The van der Waals surface area contributed by atoms with E-state index in [1.165, 1.54) is 0 Å². The average Bonchev–Trinajstić information content (AvgIpc) is 2.21. The zero-order valence-electron chi connectivity index (χ0n) is 11.3. The van der Waals surface area contributed by atoms with Crippen LogP contribution in [-0.2, 0) is 4.12 Å². The second-order valence-corrected chi connectivity index (χ2v) is 8.72. The predicted octanol–water partition coefficient (Wildman–Crippen LogP) is 1.39. The highest BCUT2D eigenvalue weighted by Crippen LogP contribution is 2.02. The second-order valence-electron chi connectivity index (χ2n) is 3.78. The van der Waals surface area contributed by atoms with Crippen LogP contribution in [0, 0.1) is 0 Å². The molecule has 2 unspecified atom stereocenters. The first-order chi connectivity index (χ1) is 7.10. The first kappa shape index (κ1) is 15.3. The Morgan fingerprint density at radius 1 is 0.733 bits per heavy atom. The fraction of sp³-hybridized carbons (Fsp3) is 1.00. The average molecular weight is 249 g/mol. The fourth-order valence-electron chi connectivity index (χ4n) is 1.93. The highest BCUT2D eigenvalue weighted by molar-refractivity contribution is 6.61. The van der Waals surface area contributed by atoms with Crippen molar-refractivity contribution in [3.63, 3.8) is 0 Å². The lowest BCUT2D eigenvalue weighted by molar-refractivity contribution is 0.357. The molecule has 0 aliphatic heterocycles. The monoisotopic (exact) mass is 248 g/mol. The van der Waals surface area contributed by atoms with Crippen LogP contribution in [0.25, 0.3) is 0 Å². The minimum absolute atomic E-state index is 1.11. The molecule has 3 nitrogen and oxygen atoms in total. The summed E-state index contributed by atoms with van der Waals surface area (Å²) in [5.41, 5.74) is 0. The molecule has 0 aromatic heterocycles. The van der Waals surface area contributed by atoms with E-state index in [4.69, 9.17) is 4.12 Å². The number of rotatable bonds is 8. The van der Waals surface area contributed by atoms with Gasteiger partial charge in [-0.3, -0.25) is 0 Å². The van der Waals surface area contributed by atoms with Crippen molar-refractivity contribution >= 4 is 18.4 Å². The summed E-state index contributed by atoms with van der Waals surface area (Å²) >= 11 is 0. The van der Waals surface area contributed by atoms with Gasteiger partial charge in [0, 0.05) is 0 Å². The predicted molar refractivity (Wildman–Crippen MR) is 73.0 cm³/mol. The van der Waals surface area contributed by atoms with Crippen molar-refractivity contribution in [3.8, 4) is 0 Å². The van der Waals surface area contributed by atoms with E-state index in [9.17, 15) is 0 Å². The molecular formula is C10H28N2OSi2. The highest BCUT2D eigenvalue weighted by atomic mass is 28.4. The number of nitrogens with zero attached hydrogens (tertiary/aromatic N) is 2. The van der Waals surface area contributed by atoms with Crippen LogP contribution in [0.4, 0.5) is 0 Å². The molecule has 0 aliphatic rings. The van der Waals surface area contributed by atoms with Crippen LogP contribution in [0.3, 0.4) is 0 Å². The molecule has 5 heteroatoms. The van der Waals surface area contributed by atoms with Crippen LogP contribution < -0.4 is 0 Å². The molecule has 0 heterocycles. The Hall–Kier alpha value is 0.314. The maximum absolute atomic E-state index is 6.27.